The molecule has 84 valence electrons. The summed E-state index contributed by atoms with van der Waals surface area (Å²) < 4.78 is 0. The van der Waals surface area contributed by atoms with Gasteiger partial charge in [0.2, 0.25) is 0 Å². The van der Waals surface area contributed by atoms with Gasteiger partial charge in [-0.25, -0.2) is 0 Å². The number of nitrogens with zero attached hydrogens (tertiary/aromatic N) is 3. The summed E-state index contributed by atoms with van der Waals surface area (Å²) in [5.41, 5.74) is 0. The second-order valence-electron chi connectivity index (χ2n) is 3.87. The summed E-state index contributed by atoms with van der Waals surface area (Å²) in [6.07, 6.45) is 2.85. The Morgan fingerprint density at radius 2 is 2.00 bits per heavy atom. The summed E-state index contributed by atoms with van der Waals surface area (Å²) in [5.74, 6) is 0. The molecule has 0 bridgehead atoms. The molecule has 0 aromatic carbocycles. The third kappa shape index (κ3) is 9.21. The molecule has 0 aromatic heterocycles. The van der Waals surface area contributed by atoms with Crippen LogP contribution in [0.5, 0.6) is 0 Å². The monoisotopic (exact) mass is 208 g/mol. The maximum absolute atomic E-state index is 8.60. The van der Waals surface area contributed by atoms with E-state index in [2.05, 4.69) is 22.4 Å². The fourth-order valence-electron chi connectivity index (χ4n) is 1.33. The summed E-state index contributed by atoms with van der Waals surface area (Å²) in [5, 5.41) is 20.4. The number of nitriles is 2. The molecule has 0 radical (unpaired) electrons. The van der Waals surface area contributed by atoms with Crippen LogP contribution in [-0.2, 0) is 0 Å². The van der Waals surface area contributed by atoms with E-state index in [0.29, 0.717) is 12.8 Å². The summed E-state index contributed by atoms with van der Waals surface area (Å²) in [6.45, 7) is 1.96. The Morgan fingerprint density at radius 3 is 2.53 bits per heavy atom. The van der Waals surface area contributed by atoms with Crippen LogP contribution in [0.1, 0.15) is 25.7 Å². The van der Waals surface area contributed by atoms with Crippen LogP contribution in [0, 0.1) is 22.7 Å². The molecule has 0 aromatic rings. The lowest BCUT2D eigenvalue weighted by Gasteiger charge is -2.15. The van der Waals surface area contributed by atoms with Crippen molar-refractivity contribution < 1.29 is 0 Å². The van der Waals surface area contributed by atoms with E-state index < -0.39 is 0 Å². The normalized spacial score (nSPS) is 12.1. The van der Waals surface area contributed by atoms with Gasteiger partial charge in [0.05, 0.1) is 18.6 Å². The smallest absolute Gasteiger partial charge is 0.0638 e. The van der Waals surface area contributed by atoms with Crippen molar-refractivity contribution in [3.8, 4) is 12.1 Å². The number of hydrogen-bond donors (Lipinski definition) is 1. The number of nitrogens with one attached hydrogen (secondary N) is 1. The minimum Gasteiger partial charge on any atom is -0.313 e. The van der Waals surface area contributed by atoms with E-state index in [1.54, 1.807) is 0 Å². The molecule has 0 aliphatic heterocycles. The Hall–Kier alpha value is -1.10. The molecule has 0 amide bonds. The Balaban J connectivity index is 3.58. The third-order valence-electron chi connectivity index (χ3n) is 2.16. The molecule has 0 aliphatic carbocycles. The van der Waals surface area contributed by atoms with Crippen LogP contribution < -0.4 is 5.32 Å². The highest BCUT2D eigenvalue weighted by Crippen LogP contribution is 2.00. The van der Waals surface area contributed by atoms with E-state index in [0.717, 1.165) is 25.9 Å². The average Bonchev–Trinajstić information content (AvgIpc) is 2.20. The third-order valence-corrected chi connectivity index (χ3v) is 2.16. The van der Waals surface area contributed by atoms with Crippen LogP contribution in [0.25, 0.3) is 0 Å². The van der Waals surface area contributed by atoms with E-state index in [9.17, 15) is 0 Å². The topological polar surface area (TPSA) is 62.9 Å². The summed E-state index contributed by atoms with van der Waals surface area (Å²) in [6, 6.07) is 4.43. The molecular weight excluding hydrogens is 188 g/mol. The molecule has 0 unspecified atom stereocenters. The predicted molar refractivity (Wildman–Crippen MR) is 60.0 cm³/mol. The molecule has 1 atom stereocenters. The molecule has 0 rings (SSSR count). The minimum absolute atomic E-state index is 0.178. The second-order valence-corrected chi connectivity index (χ2v) is 3.87. The molecule has 4 nitrogen and oxygen atoms in total. The van der Waals surface area contributed by atoms with E-state index in [1.165, 1.54) is 0 Å². The zero-order valence-corrected chi connectivity index (χ0v) is 9.66. The van der Waals surface area contributed by atoms with Gasteiger partial charge in [-0.1, -0.05) is 0 Å². The van der Waals surface area contributed by atoms with Crippen molar-refractivity contribution >= 4 is 0 Å². The maximum atomic E-state index is 8.60. The van der Waals surface area contributed by atoms with E-state index in [1.807, 2.05) is 14.1 Å². The summed E-state index contributed by atoms with van der Waals surface area (Å²) in [7, 11) is 4.09. The molecule has 15 heavy (non-hydrogen) atoms. The molecule has 0 fully saturated rings. The first kappa shape index (κ1) is 13.9. The summed E-state index contributed by atoms with van der Waals surface area (Å²) in [4.78, 5) is 2.14. The van der Waals surface area contributed by atoms with Gasteiger partial charge in [0.1, 0.15) is 0 Å². The van der Waals surface area contributed by atoms with Gasteiger partial charge in [0, 0.05) is 12.5 Å². The first-order valence-electron chi connectivity index (χ1n) is 5.32. The molecule has 0 saturated carbocycles. The van der Waals surface area contributed by atoms with E-state index in [-0.39, 0.29) is 6.04 Å². The number of hydrogen-bond acceptors (Lipinski definition) is 4. The van der Waals surface area contributed by atoms with Crippen molar-refractivity contribution in [1.82, 2.24) is 10.2 Å². The van der Waals surface area contributed by atoms with Gasteiger partial charge in [-0.15, -0.1) is 0 Å². The van der Waals surface area contributed by atoms with Crippen LogP contribution in [0.2, 0.25) is 0 Å². The fourth-order valence-corrected chi connectivity index (χ4v) is 1.33. The van der Waals surface area contributed by atoms with Crippen molar-refractivity contribution in [3.63, 3.8) is 0 Å². The van der Waals surface area contributed by atoms with Crippen LogP contribution >= 0.6 is 0 Å². The first-order chi connectivity index (χ1) is 7.20. The Bertz CT molecular complexity index is 224. The Morgan fingerprint density at radius 1 is 1.27 bits per heavy atom. The van der Waals surface area contributed by atoms with Gasteiger partial charge in [-0.05, 0) is 40.0 Å². The van der Waals surface area contributed by atoms with Gasteiger partial charge in [0.25, 0.3) is 0 Å². The average molecular weight is 208 g/mol. The Labute approximate surface area is 92.5 Å². The lowest BCUT2D eigenvalue weighted by molar-refractivity contribution is 0.383. The van der Waals surface area contributed by atoms with Crippen molar-refractivity contribution in [2.24, 2.45) is 0 Å². The number of rotatable bonds is 8. The van der Waals surface area contributed by atoms with Crippen molar-refractivity contribution in [2.45, 2.75) is 31.7 Å². The minimum atomic E-state index is 0.178. The van der Waals surface area contributed by atoms with Gasteiger partial charge >= 0.3 is 0 Å². The maximum Gasteiger partial charge on any atom is 0.0638 e. The van der Waals surface area contributed by atoms with Crippen molar-refractivity contribution in [3.05, 3.63) is 0 Å². The molecule has 1 N–H and O–H groups in total. The second kappa shape index (κ2) is 9.45. The molecule has 0 aliphatic rings. The van der Waals surface area contributed by atoms with Gasteiger partial charge in [0.15, 0.2) is 0 Å². The van der Waals surface area contributed by atoms with Crippen molar-refractivity contribution in [2.75, 3.05) is 27.2 Å². The highest BCUT2D eigenvalue weighted by molar-refractivity contribution is 4.83. The molecular formula is C11H20N4. The lowest BCUT2D eigenvalue weighted by Crippen LogP contribution is -2.31. The summed E-state index contributed by atoms with van der Waals surface area (Å²) >= 11 is 0. The van der Waals surface area contributed by atoms with E-state index >= 15 is 0 Å². The fraction of sp³-hybridized carbons (Fsp3) is 0.818. The first-order valence-corrected chi connectivity index (χ1v) is 5.32. The lowest BCUT2D eigenvalue weighted by atomic mass is 10.1. The highest BCUT2D eigenvalue weighted by atomic mass is 15.1. The van der Waals surface area contributed by atoms with Crippen LogP contribution in [0.3, 0.4) is 0 Å². The van der Waals surface area contributed by atoms with Gasteiger partial charge < -0.3 is 10.2 Å². The van der Waals surface area contributed by atoms with E-state index in [4.69, 9.17) is 10.5 Å². The van der Waals surface area contributed by atoms with Crippen molar-refractivity contribution in [1.29, 1.82) is 10.5 Å². The largest absolute Gasteiger partial charge is 0.313 e. The zero-order chi connectivity index (χ0) is 11.5. The predicted octanol–water partition coefficient (Wildman–Crippen LogP) is 1.11. The molecule has 4 heteroatoms. The Kier molecular flexibility index (Phi) is 8.76. The standard InChI is InChI=1S/C11H20N4/c1-15(2)10-4-9-14-11(6-8-13)5-3-7-12/h11,14H,3-6,9-10H2,1-2H3/t11-/m0/s1. The van der Waals surface area contributed by atoms with Gasteiger partial charge in [-0.2, -0.15) is 10.5 Å². The molecule has 0 saturated heterocycles. The van der Waals surface area contributed by atoms with Crippen LogP contribution in [-0.4, -0.2) is 38.1 Å². The van der Waals surface area contributed by atoms with Crippen LogP contribution in [0.4, 0.5) is 0 Å². The highest BCUT2D eigenvalue weighted by Gasteiger charge is 2.06. The van der Waals surface area contributed by atoms with Gasteiger partial charge in [-0.3, -0.25) is 0 Å². The zero-order valence-electron chi connectivity index (χ0n) is 9.66. The molecule has 0 heterocycles. The van der Waals surface area contributed by atoms with Crippen LogP contribution in [0.15, 0.2) is 0 Å². The molecule has 0 spiro atoms. The SMILES string of the molecule is CN(C)CCCN[C@H](CC#N)CCC#N. The quantitative estimate of drug-likeness (QED) is 0.607.